The summed E-state index contributed by atoms with van der Waals surface area (Å²) in [6, 6.07) is 0.292. The maximum Gasteiger partial charge on any atom is 0.320 e. The number of amides is 2. The quantitative estimate of drug-likeness (QED) is 0.858. The van der Waals surface area contributed by atoms with Gasteiger partial charge in [0.15, 0.2) is 0 Å². The molecule has 1 heterocycles. The van der Waals surface area contributed by atoms with Crippen LogP contribution in [0.15, 0.2) is 0 Å². The number of carboxylic acids is 1. The minimum Gasteiger partial charge on any atom is -0.481 e. The third-order valence-corrected chi connectivity index (χ3v) is 4.03. The molecular formula is C15H29N3O3. The monoisotopic (exact) mass is 299 g/mol. The van der Waals surface area contributed by atoms with E-state index in [1.165, 1.54) is 0 Å². The van der Waals surface area contributed by atoms with Crippen molar-refractivity contribution in [1.29, 1.82) is 0 Å². The molecule has 6 nitrogen and oxygen atoms in total. The molecule has 0 radical (unpaired) electrons. The van der Waals surface area contributed by atoms with Crippen LogP contribution in [-0.2, 0) is 4.79 Å². The highest BCUT2D eigenvalue weighted by Crippen LogP contribution is 2.19. The molecule has 0 spiro atoms. The Hall–Kier alpha value is -1.30. The van der Waals surface area contributed by atoms with E-state index in [-0.39, 0.29) is 24.5 Å². The first kappa shape index (κ1) is 17.8. The van der Waals surface area contributed by atoms with Crippen molar-refractivity contribution in [3.05, 3.63) is 0 Å². The number of nitrogens with zero attached hydrogens (tertiary/aromatic N) is 3. The summed E-state index contributed by atoms with van der Waals surface area (Å²) >= 11 is 0. The lowest BCUT2D eigenvalue weighted by atomic mass is 10.1. The molecule has 1 N–H and O–H groups in total. The van der Waals surface area contributed by atoms with E-state index in [1.54, 1.807) is 4.90 Å². The highest BCUT2D eigenvalue weighted by Gasteiger charge is 2.33. The number of carboxylic acid groups (broad SMARTS) is 1. The number of likely N-dealkylation sites (N-methyl/N-ethyl adjacent to an activating group) is 1. The lowest BCUT2D eigenvalue weighted by Crippen LogP contribution is -2.59. The summed E-state index contributed by atoms with van der Waals surface area (Å²) in [6.07, 6.45) is -0.0203. The fourth-order valence-electron chi connectivity index (χ4n) is 2.73. The maximum atomic E-state index is 12.7. The number of urea groups is 1. The van der Waals surface area contributed by atoms with Gasteiger partial charge in [-0.15, -0.1) is 0 Å². The second-order valence-electron chi connectivity index (χ2n) is 6.67. The van der Waals surface area contributed by atoms with Gasteiger partial charge in [-0.1, -0.05) is 6.92 Å². The minimum atomic E-state index is -0.874. The Morgan fingerprint density at radius 3 is 2.33 bits per heavy atom. The van der Waals surface area contributed by atoms with E-state index in [2.05, 4.69) is 18.7 Å². The lowest BCUT2D eigenvalue weighted by Gasteiger charge is -2.44. The van der Waals surface area contributed by atoms with Crippen LogP contribution in [0.5, 0.6) is 0 Å². The molecule has 21 heavy (non-hydrogen) atoms. The molecule has 1 rings (SSSR count). The summed E-state index contributed by atoms with van der Waals surface area (Å²) in [6.45, 7) is 13.6. The number of aliphatic carboxylic acids is 1. The Kier molecular flexibility index (Phi) is 6.01. The molecule has 0 bridgehead atoms. The number of rotatable bonds is 4. The first-order valence-electron chi connectivity index (χ1n) is 7.69. The van der Waals surface area contributed by atoms with Gasteiger partial charge < -0.3 is 14.9 Å². The average Bonchev–Trinajstić information content (AvgIpc) is 2.36. The maximum absolute atomic E-state index is 12.7. The van der Waals surface area contributed by atoms with E-state index in [9.17, 15) is 9.59 Å². The minimum absolute atomic E-state index is 0.0203. The molecule has 0 aliphatic carbocycles. The number of piperazine rings is 1. The van der Waals surface area contributed by atoms with E-state index in [1.807, 2.05) is 25.7 Å². The largest absolute Gasteiger partial charge is 0.481 e. The number of hydrogen-bond acceptors (Lipinski definition) is 3. The van der Waals surface area contributed by atoms with Gasteiger partial charge in [-0.2, -0.15) is 0 Å². The fourth-order valence-corrected chi connectivity index (χ4v) is 2.73. The summed E-state index contributed by atoms with van der Waals surface area (Å²) in [5.74, 6) is -0.874. The van der Waals surface area contributed by atoms with Crippen LogP contribution in [0.4, 0.5) is 4.79 Å². The summed E-state index contributed by atoms with van der Waals surface area (Å²) < 4.78 is 0. The van der Waals surface area contributed by atoms with Gasteiger partial charge in [0.25, 0.3) is 0 Å². The molecule has 0 aromatic carbocycles. The Balaban J connectivity index is 2.74. The zero-order valence-electron chi connectivity index (χ0n) is 13.9. The van der Waals surface area contributed by atoms with Crippen molar-refractivity contribution in [2.45, 2.75) is 52.6 Å². The van der Waals surface area contributed by atoms with Crippen LogP contribution < -0.4 is 0 Å². The molecule has 1 aliphatic heterocycles. The molecule has 6 heteroatoms. The summed E-state index contributed by atoms with van der Waals surface area (Å²) in [5, 5.41) is 8.87. The number of carbonyl (C=O) groups excluding carboxylic acids is 1. The predicted octanol–water partition coefficient (Wildman–Crippen LogP) is 1.71. The Labute approximate surface area is 127 Å². The molecular weight excluding hydrogens is 270 g/mol. The molecule has 0 aromatic heterocycles. The van der Waals surface area contributed by atoms with Crippen molar-refractivity contribution in [3.8, 4) is 0 Å². The summed E-state index contributed by atoms with van der Waals surface area (Å²) in [4.78, 5) is 29.4. The molecule has 1 atom stereocenters. The van der Waals surface area contributed by atoms with Gasteiger partial charge in [0.05, 0.1) is 6.42 Å². The Bertz CT molecular complexity index is 379. The predicted molar refractivity (Wildman–Crippen MR) is 82.4 cm³/mol. The van der Waals surface area contributed by atoms with Gasteiger partial charge in [0.2, 0.25) is 0 Å². The summed E-state index contributed by atoms with van der Waals surface area (Å²) in [7, 11) is 0. The van der Waals surface area contributed by atoms with Gasteiger partial charge in [0, 0.05) is 37.8 Å². The lowest BCUT2D eigenvalue weighted by molar-refractivity contribution is -0.137. The van der Waals surface area contributed by atoms with Crippen molar-refractivity contribution < 1.29 is 14.7 Å². The van der Waals surface area contributed by atoms with Crippen LogP contribution in [0.25, 0.3) is 0 Å². The number of carbonyl (C=O) groups is 2. The summed E-state index contributed by atoms with van der Waals surface area (Å²) in [5.41, 5.74) is -0.377. The standard InChI is InChI=1S/C15H29N3O3/c1-6-16-9-10-17(11-12(16)2)14(21)18(15(3,4)5)8-7-13(19)20/h12H,6-11H2,1-5H3,(H,19,20). The van der Waals surface area contributed by atoms with E-state index >= 15 is 0 Å². The van der Waals surface area contributed by atoms with Crippen molar-refractivity contribution in [1.82, 2.24) is 14.7 Å². The average molecular weight is 299 g/mol. The molecule has 2 amide bonds. The topological polar surface area (TPSA) is 64.1 Å². The molecule has 1 aliphatic rings. The van der Waals surface area contributed by atoms with Crippen LogP contribution in [-0.4, -0.2) is 76.1 Å². The number of hydrogen-bond donors (Lipinski definition) is 1. The van der Waals surface area contributed by atoms with E-state index in [0.717, 1.165) is 13.1 Å². The second kappa shape index (κ2) is 7.11. The Morgan fingerprint density at radius 1 is 1.29 bits per heavy atom. The SMILES string of the molecule is CCN1CCN(C(=O)N(CCC(=O)O)C(C)(C)C)CC1C. The van der Waals surface area contributed by atoms with Gasteiger partial charge in [0.1, 0.15) is 0 Å². The van der Waals surface area contributed by atoms with Crippen molar-refractivity contribution in [2.24, 2.45) is 0 Å². The van der Waals surface area contributed by atoms with Crippen molar-refractivity contribution >= 4 is 12.0 Å². The van der Waals surface area contributed by atoms with Crippen molar-refractivity contribution in [3.63, 3.8) is 0 Å². The van der Waals surface area contributed by atoms with Crippen LogP contribution in [0.1, 0.15) is 41.0 Å². The van der Waals surface area contributed by atoms with Crippen LogP contribution in [0, 0.1) is 0 Å². The zero-order chi connectivity index (χ0) is 16.2. The fraction of sp³-hybridized carbons (Fsp3) is 0.867. The van der Waals surface area contributed by atoms with Crippen LogP contribution >= 0.6 is 0 Å². The highest BCUT2D eigenvalue weighted by atomic mass is 16.4. The third kappa shape index (κ3) is 4.88. The van der Waals surface area contributed by atoms with E-state index in [4.69, 9.17) is 5.11 Å². The first-order valence-corrected chi connectivity index (χ1v) is 7.69. The van der Waals surface area contributed by atoms with Gasteiger partial charge >= 0.3 is 12.0 Å². The normalized spacial score (nSPS) is 20.4. The molecule has 1 saturated heterocycles. The van der Waals surface area contributed by atoms with Gasteiger partial charge in [-0.05, 0) is 34.2 Å². The van der Waals surface area contributed by atoms with Crippen LogP contribution in [0.3, 0.4) is 0 Å². The van der Waals surface area contributed by atoms with E-state index < -0.39 is 5.97 Å². The van der Waals surface area contributed by atoms with Gasteiger partial charge in [-0.3, -0.25) is 9.69 Å². The highest BCUT2D eigenvalue weighted by molar-refractivity contribution is 5.76. The van der Waals surface area contributed by atoms with Crippen LogP contribution in [0.2, 0.25) is 0 Å². The molecule has 0 aromatic rings. The van der Waals surface area contributed by atoms with Crippen molar-refractivity contribution in [2.75, 3.05) is 32.7 Å². The zero-order valence-corrected chi connectivity index (χ0v) is 13.9. The van der Waals surface area contributed by atoms with Gasteiger partial charge in [-0.25, -0.2) is 4.79 Å². The molecule has 1 unspecified atom stereocenters. The second-order valence-corrected chi connectivity index (χ2v) is 6.67. The third-order valence-electron chi connectivity index (χ3n) is 4.03. The Morgan fingerprint density at radius 2 is 1.90 bits per heavy atom. The van der Waals surface area contributed by atoms with E-state index in [0.29, 0.717) is 19.1 Å². The molecule has 0 saturated carbocycles. The molecule has 122 valence electrons. The first-order chi connectivity index (χ1) is 9.66. The smallest absolute Gasteiger partial charge is 0.320 e. The molecule has 1 fully saturated rings.